The Hall–Kier alpha value is -0.873. The number of esters is 2. The van der Waals surface area contributed by atoms with Crippen LogP contribution in [0.5, 0.6) is 0 Å². The zero-order chi connectivity index (χ0) is 13.3. The van der Waals surface area contributed by atoms with Crippen LogP contribution in [0.15, 0.2) is 0 Å². The fourth-order valence-electron chi connectivity index (χ4n) is 0.426. The number of rotatable bonds is 3. The SMILES string of the molecule is CC(=O)O.CC(=O)OC(OC(C)=O)C(=O)O.[Rh].[Rh]. The number of carbonyl (C=O) groups is 4. The van der Waals surface area contributed by atoms with Crippen molar-refractivity contribution in [2.75, 3.05) is 0 Å². The van der Waals surface area contributed by atoms with E-state index < -0.39 is 30.2 Å². The molecule has 0 unspecified atom stereocenters. The molecule has 0 atom stereocenters. The molecule has 0 heterocycles. The summed E-state index contributed by atoms with van der Waals surface area (Å²) in [5.74, 6) is -4.02. The van der Waals surface area contributed by atoms with Crippen LogP contribution in [-0.2, 0) is 67.6 Å². The minimum atomic E-state index is -1.85. The Labute approximate surface area is 129 Å². The summed E-state index contributed by atoms with van der Waals surface area (Å²) in [6.45, 7) is 3.11. The van der Waals surface area contributed by atoms with Gasteiger partial charge in [0.25, 0.3) is 5.97 Å². The number of carbonyl (C=O) groups excluding carboxylic acids is 2. The Kier molecular flexibility index (Phi) is 20.4. The maximum absolute atomic E-state index is 10.3. The molecule has 8 nitrogen and oxygen atoms in total. The van der Waals surface area contributed by atoms with E-state index in [9.17, 15) is 14.4 Å². The Morgan fingerprint density at radius 1 is 0.833 bits per heavy atom. The normalized spacial score (nSPS) is 7.56. The summed E-state index contributed by atoms with van der Waals surface area (Å²) >= 11 is 0. The predicted octanol–water partition coefficient (Wildman–Crippen LogP) is -0.391. The average molecular weight is 442 g/mol. The molecule has 2 N–H and O–H groups in total. The fraction of sp³-hybridized carbons (Fsp3) is 0.500. The third-order valence-electron chi connectivity index (χ3n) is 0.748. The van der Waals surface area contributed by atoms with Gasteiger partial charge in [-0.1, -0.05) is 0 Å². The molecule has 0 aliphatic carbocycles. The van der Waals surface area contributed by atoms with Crippen LogP contribution in [-0.4, -0.2) is 40.4 Å². The Morgan fingerprint density at radius 3 is 1.17 bits per heavy atom. The number of carboxylic acid groups (broad SMARTS) is 2. The van der Waals surface area contributed by atoms with E-state index in [0.29, 0.717) is 0 Å². The van der Waals surface area contributed by atoms with E-state index in [2.05, 4.69) is 9.47 Å². The van der Waals surface area contributed by atoms with Crippen molar-refractivity contribution in [2.24, 2.45) is 0 Å². The molecule has 110 valence electrons. The molecular weight excluding hydrogens is 430 g/mol. The molecule has 0 bridgehead atoms. The summed E-state index contributed by atoms with van der Waals surface area (Å²) in [5.41, 5.74) is 0. The summed E-state index contributed by atoms with van der Waals surface area (Å²) in [5, 5.41) is 15.7. The summed E-state index contributed by atoms with van der Waals surface area (Å²) < 4.78 is 8.28. The van der Waals surface area contributed by atoms with Gasteiger partial charge < -0.3 is 19.7 Å². The molecule has 18 heavy (non-hydrogen) atoms. The molecule has 0 aliphatic heterocycles. The van der Waals surface area contributed by atoms with Crippen LogP contribution < -0.4 is 0 Å². The number of hydrogen-bond donors (Lipinski definition) is 2. The number of ether oxygens (including phenoxy) is 2. The van der Waals surface area contributed by atoms with E-state index in [1.165, 1.54) is 0 Å². The maximum atomic E-state index is 10.3. The second kappa shape index (κ2) is 14.2. The van der Waals surface area contributed by atoms with E-state index in [-0.39, 0.29) is 39.0 Å². The molecule has 0 aliphatic rings. The van der Waals surface area contributed by atoms with Crippen LogP contribution in [0.4, 0.5) is 0 Å². The summed E-state index contributed by atoms with van der Waals surface area (Å²) in [6.07, 6.45) is -1.85. The summed E-state index contributed by atoms with van der Waals surface area (Å²) in [4.78, 5) is 39.7. The molecule has 0 rings (SSSR count). The van der Waals surface area contributed by atoms with Gasteiger partial charge in [0.1, 0.15) is 0 Å². The van der Waals surface area contributed by atoms with Gasteiger partial charge in [-0.15, -0.1) is 0 Å². The molecule has 0 fully saturated rings. The first-order valence-electron chi connectivity index (χ1n) is 3.93. The van der Waals surface area contributed by atoms with Gasteiger partial charge in [0.05, 0.1) is 0 Å². The van der Waals surface area contributed by atoms with Gasteiger partial charge in [-0.05, 0) is 0 Å². The molecule has 0 saturated heterocycles. The second-order valence-electron chi connectivity index (χ2n) is 2.41. The van der Waals surface area contributed by atoms with Crippen molar-refractivity contribution in [1.82, 2.24) is 0 Å². The standard InChI is InChI=1S/C6H8O6.C2H4O2.2Rh/c1-3(7)11-6(5(9)10)12-4(2)8;1-2(3)4;;/h6H,1-2H3,(H,9,10);1H3,(H,3,4);;. The third-order valence-corrected chi connectivity index (χ3v) is 0.748. The van der Waals surface area contributed by atoms with Crippen molar-refractivity contribution >= 4 is 23.9 Å². The van der Waals surface area contributed by atoms with Crippen molar-refractivity contribution in [3.8, 4) is 0 Å². The number of carboxylic acids is 2. The zero-order valence-corrected chi connectivity index (χ0v) is 12.9. The van der Waals surface area contributed by atoms with Crippen LogP contribution in [0.1, 0.15) is 20.8 Å². The van der Waals surface area contributed by atoms with Crippen LogP contribution in [0.3, 0.4) is 0 Å². The first-order valence-corrected chi connectivity index (χ1v) is 3.93. The van der Waals surface area contributed by atoms with Crippen molar-refractivity contribution in [3.63, 3.8) is 0 Å². The van der Waals surface area contributed by atoms with E-state index in [1.807, 2.05) is 0 Å². The molecule has 0 amide bonds. The van der Waals surface area contributed by atoms with E-state index in [4.69, 9.17) is 15.0 Å². The molecular formula is C8H12O8Rh2. The van der Waals surface area contributed by atoms with Crippen LogP contribution in [0.2, 0.25) is 0 Å². The van der Waals surface area contributed by atoms with Crippen molar-refractivity contribution in [1.29, 1.82) is 0 Å². The third kappa shape index (κ3) is 24.4. The summed E-state index contributed by atoms with van der Waals surface area (Å²) in [7, 11) is 0. The quantitative estimate of drug-likeness (QED) is 0.344. The zero-order valence-electron chi connectivity index (χ0n) is 9.59. The van der Waals surface area contributed by atoms with Gasteiger partial charge >= 0.3 is 24.2 Å². The minimum Gasteiger partial charge on any atom is -0.481 e. The van der Waals surface area contributed by atoms with Crippen molar-refractivity contribution in [2.45, 2.75) is 27.1 Å². The van der Waals surface area contributed by atoms with Gasteiger partial charge in [0.2, 0.25) is 0 Å². The van der Waals surface area contributed by atoms with E-state index in [0.717, 1.165) is 20.8 Å². The Bertz CT molecular complexity index is 271. The first kappa shape index (κ1) is 25.8. The Balaban J connectivity index is -0.000000143. The molecule has 2 radical (unpaired) electrons. The topological polar surface area (TPSA) is 127 Å². The van der Waals surface area contributed by atoms with E-state index in [1.54, 1.807) is 0 Å². The molecule has 10 heteroatoms. The molecule has 0 spiro atoms. The fourth-order valence-corrected chi connectivity index (χ4v) is 0.426. The van der Waals surface area contributed by atoms with Gasteiger partial charge in [0.15, 0.2) is 0 Å². The second-order valence-corrected chi connectivity index (χ2v) is 2.41. The monoisotopic (exact) mass is 442 g/mol. The van der Waals surface area contributed by atoms with E-state index >= 15 is 0 Å². The van der Waals surface area contributed by atoms with Gasteiger partial charge in [-0.2, -0.15) is 0 Å². The minimum absolute atomic E-state index is 0. The van der Waals surface area contributed by atoms with Crippen LogP contribution in [0, 0.1) is 0 Å². The van der Waals surface area contributed by atoms with Crippen LogP contribution >= 0.6 is 0 Å². The number of aliphatic carboxylic acids is 2. The largest absolute Gasteiger partial charge is 0.481 e. The van der Waals surface area contributed by atoms with Crippen molar-refractivity contribution < 1.29 is 77.8 Å². The first-order chi connectivity index (χ1) is 7.16. The maximum Gasteiger partial charge on any atom is 0.387 e. The van der Waals surface area contributed by atoms with Crippen molar-refractivity contribution in [3.05, 3.63) is 0 Å². The smallest absolute Gasteiger partial charge is 0.387 e. The Morgan fingerprint density at radius 2 is 1.06 bits per heavy atom. The average Bonchev–Trinajstić information content (AvgIpc) is 1.99. The summed E-state index contributed by atoms with van der Waals surface area (Å²) in [6, 6.07) is 0. The molecule has 0 aromatic rings. The predicted molar refractivity (Wildman–Crippen MR) is 48.3 cm³/mol. The van der Waals surface area contributed by atoms with Gasteiger partial charge in [-0.25, -0.2) is 4.79 Å². The van der Waals surface area contributed by atoms with Crippen LogP contribution in [0.25, 0.3) is 0 Å². The molecule has 0 aromatic heterocycles. The molecule has 0 saturated carbocycles. The van der Waals surface area contributed by atoms with Gasteiger partial charge in [-0.3, -0.25) is 14.4 Å². The van der Waals surface area contributed by atoms with Gasteiger partial charge in [0, 0.05) is 59.7 Å². The molecule has 0 aromatic carbocycles. The number of hydrogen-bond acceptors (Lipinski definition) is 6.